The van der Waals surface area contributed by atoms with Crippen molar-refractivity contribution in [2.45, 2.75) is 25.7 Å². The number of hydrogen-bond donors (Lipinski definition) is 1. The summed E-state index contributed by atoms with van der Waals surface area (Å²) < 4.78 is 10.6. The molecule has 1 aromatic carbocycles. The van der Waals surface area contributed by atoms with Crippen molar-refractivity contribution in [1.82, 2.24) is 0 Å². The standard InChI is InChI=1S/C20H26N2O4/c23-19(13-26-20(24)18-12-14-1-2-15(18)11-14)21-16-3-5-17(6-4-16)22-7-9-25-10-8-22/h3-6,14-15,18H,1-2,7-13H2,(H,21,23)/t14-,15-,18+/m0/s1. The fourth-order valence-electron chi connectivity index (χ4n) is 4.55. The summed E-state index contributed by atoms with van der Waals surface area (Å²) in [6.07, 6.45) is 4.47. The van der Waals surface area contributed by atoms with Gasteiger partial charge in [-0.15, -0.1) is 0 Å². The largest absolute Gasteiger partial charge is 0.455 e. The number of rotatable bonds is 5. The highest BCUT2D eigenvalue weighted by molar-refractivity contribution is 5.93. The summed E-state index contributed by atoms with van der Waals surface area (Å²) in [6, 6.07) is 7.73. The number of anilines is 2. The van der Waals surface area contributed by atoms with E-state index in [2.05, 4.69) is 10.2 Å². The number of nitrogens with one attached hydrogen (secondary N) is 1. The summed E-state index contributed by atoms with van der Waals surface area (Å²) in [5, 5.41) is 2.79. The van der Waals surface area contributed by atoms with E-state index in [1.807, 2.05) is 24.3 Å². The van der Waals surface area contributed by atoms with E-state index in [-0.39, 0.29) is 24.4 Å². The first kappa shape index (κ1) is 17.3. The van der Waals surface area contributed by atoms with Crippen molar-refractivity contribution in [3.05, 3.63) is 24.3 Å². The van der Waals surface area contributed by atoms with Gasteiger partial charge in [0.25, 0.3) is 5.91 Å². The second kappa shape index (κ2) is 7.66. The van der Waals surface area contributed by atoms with Crippen LogP contribution in [0.1, 0.15) is 25.7 Å². The number of ether oxygens (including phenoxy) is 2. The molecule has 0 unspecified atom stereocenters. The molecule has 140 valence electrons. The third-order valence-corrected chi connectivity index (χ3v) is 5.91. The summed E-state index contributed by atoms with van der Waals surface area (Å²) in [5.74, 6) is 0.685. The third kappa shape index (κ3) is 3.85. The summed E-state index contributed by atoms with van der Waals surface area (Å²) in [7, 11) is 0. The number of morpholine rings is 1. The molecule has 1 saturated heterocycles. The zero-order valence-electron chi connectivity index (χ0n) is 15.0. The topological polar surface area (TPSA) is 67.9 Å². The Morgan fingerprint density at radius 1 is 1.12 bits per heavy atom. The molecule has 0 aromatic heterocycles. The minimum Gasteiger partial charge on any atom is -0.455 e. The minimum atomic E-state index is -0.291. The monoisotopic (exact) mass is 358 g/mol. The van der Waals surface area contributed by atoms with Gasteiger partial charge in [0.05, 0.1) is 19.1 Å². The quantitative estimate of drug-likeness (QED) is 0.819. The van der Waals surface area contributed by atoms with E-state index < -0.39 is 0 Å². The van der Waals surface area contributed by atoms with E-state index in [1.54, 1.807) is 0 Å². The lowest BCUT2D eigenvalue weighted by molar-refractivity contribution is -0.153. The number of carbonyl (C=O) groups excluding carboxylic acids is 2. The Morgan fingerprint density at radius 3 is 2.54 bits per heavy atom. The van der Waals surface area contributed by atoms with Gasteiger partial charge in [0.1, 0.15) is 0 Å². The predicted molar refractivity (Wildman–Crippen MR) is 98.0 cm³/mol. The first-order valence-corrected chi connectivity index (χ1v) is 9.58. The SMILES string of the molecule is O=C(COC(=O)[C@@H]1C[C@H]2CC[C@H]1C2)Nc1ccc(N2CCOCC2)cc1. The molecule has 1 aromatic rings. The molecule has 1 N–H and O–H groups in total. The Hall–Kier alpha value is -2.08. The molecular formula is C20H26N2O4. The van der Waals surface area contributed by atoms with Gasteiger partial charge < -0.3 is 19.7 Å². The van der Waals surface area contributed by atoms with Crippen LogP contribution in [0.5, 0.6) is 0 Å². The maximum absolute atomic E-state index is 12.2. The first-order valence-electron chi connectivity index (χ1n) is 9.58. The number of carbonyl (C=O) groups is 2. The highest BCUT2D eigenvalue weighted by atomic mass is 16.5. The van der Waals surface area contributed by atoms with Crippen molar-refractivity contribution in [1.29, 1.82) is 0 Å². The van der Waals surface area contributed by atoms with Gasteiger partial charge in [0.15, 0.2) is 6.61 Å². The molecule has 2 aliphatic carbocycles. The van der Waals surface area contributed by atoms with Crippen molar-refractivity contribution < 1.29 is 19.1 Å². The number of esters is 1. The van der Waals surface area contributed by atoms with Crippen LogP contribution in [0.3, 0.4) is 0 Å². The van der Waals surface area contributed by atoms with E-state index in [0.29, 0.717) is 17.5 Å². The molecule has 3 atom stereocenters. The Labute approximate surface area is 153 Å². The van der Waals surface area contributed by atoms with Crippen molar-refractivity contribution in [3.63, 3.8) is 0 Å². The van der Waals surface area contributed by atoms with Gasteiger partial charge in [-0.25, -0.2) is 0 Å². The van der Waals surface area contributed by atoms with Crippen molar-refractivity contribution in [2.24, 2.45) is 17.8 Å². The predicted octanol–water partition coefficient (Wildman–Crippen LogP) is 2.44. The number of nitrogens with zero attached hydrogens (tertiary/aromatic N) is 1. The zero-order chi connectivity index (χ0) is 17.9. The lowest BCUT2D eigenvalue weighted by atomic mass is 9.89. The number of fused-ring (bicyclic) bond motifs is 2. The molecule has 4 rings (SSSR count). The minimum absolute atomic E-state index is 0.00866. The fraction of sp³-hybridized carbons (Fsp3) is 0.600. The Balaban J connectivity index is 1.23. The van der Waals surface area contributed by atoms with Gasteiger partial charge in [0.2, 0.25) is 0 Å². The van der Waals surface area contributed by atoms with Gasteiger partial charge in [-0.1, -0.05) is 6.42 Å². The summed E-state index contributed by atoms with van der Waals surface area (Å²) >= 11 is 0. The Kier molecular flexibility index (Phi) is 5.11. The van der Waals surface area contributed by atoms with Gasteiger partial charge in [-0.05, 0) is 55.4 Å². The molecule has 2 bridgehead atoms. The van der Waals surface area contributed by atoms with Crippen LogP contribution >= 0.6 is 0 Å². The second-order valence-electron chi connectivity index (χ2n) is 7.58. The Bertz CT molecular complexity index is 654. The lowest BCUT2D eigenvalue weighted by Crippen LogP contribution is -2.36. The molecule has 1 aliphatic heterocycles. The molecule has 6 heteroatoms. The summed E-state index contributed by atoms with van der Waals surface area (Å²) in [4.78, 5) is 26.5. The number of amides is 1. The van der Waals surface area contributed by atoms with E-state index in [0.717, 1.165) is 51.3 Å². The molecule has 1 heterocycles. The van der Waals surface area contributed by atoms with Crippen LogP contribution in [0.15, 0.2) is 24.3 Å². The van der Waals surface area contributed by atoms with E-state index in [9.17, 15) is 9.59 Å². The van der Waals surface area contributed by atoms with E-state index in [1.165, 1.54) is 6.42 Å². The van der Waals surface area contributed by atoms with Crippen LogP contribution in [-0.4, -0.2) is 44.8 Å². The summed E-state index contributed by atoms with van der Waals surface area (Å²) in [6.45, 7) is 3.03. The van der Waals surface area contributed by atoms with E-state index >= 15 is 0 Å². The molecule has 2 saturated carbocycles. The van der Waals surface area contributed by atoms with Crippen LogP contribution in [0, 0.1) is 17.8 Å². The maximum atomic E-state index is 12.2. The Morgan fingerprint density at radius 2 is 1.88 bits per heavy atom. The normalized spacial score (nSPS) is 27.4. The molecule has 6 nitrogen and oxygen atoms in total. The molecular weight excluding hydrogens is 332 g/mol. The lowest BCUT2D eigenvalue weighted by Gasteiger charge is -2.28. The molecule has 0 spiro atoms. The zero-order valence-corrected chi connectivity index (χ0v) is 15.0. The van der Waals surface area contributed by atoms with Crippen LogP contribution in [0.4, 0.5) is 11.4 Å². The first-order chi connectivity index (χ1) is 12.7. The molecule has 26 heavy (non-hydrogen) atoms. The summed E-state index contributed by atoms with van der Waals surface area (Å²) in [5.41, 5.74) is 1.83. The average Bonchev–Trinajstić information content (AvgIpc) is 3.31. The number of benzene rings is 1. The molecule has 3 fully saturated rings. The van der Waals surface area contributed by atoms with Crippen molar-refractivity contribution in [3.8, 4) is 0 Å². The second-order valence-corrected chi connectivity index (χ2v) is 7.58. The molecule has 1 amide bonds. The van der Waals surface area contributed by atoms with Gasteiger partial charge in [-0.2, -0.15) is 0 Å². The highest BCUT2D eigenvalue weighted by Gasteiger charge is 2.43. The smallest absolute Gasteiger partial charge is 0.309 e. The van der Waals surface area contributed by atoms with Crippen molar-refractivity contribution >= 4 is 23.3 Å². The maximum Gasteiger partial charge on any atom is 0.309 e. The van der Waals surface area contributed by atoms with Crippen LogP contribution < -0.4 is 10.2 Å². The van der Waals surface area contributed by atoms with Gasteiger partial charge >= 0.3 is 5.97 Å². The molecule has 3 aliphatic rings. The van der Waals surface area contributed by atoms with Crippen molar-refractivity contribution in [2.75, 3.05) is 43.1 Å². The van der Waals surface area contributed by atoms with Crippen LogP contribution in [0.2, 0.25) is 0 Å². The highest BCUT2D eigenvalue weighted by Crippen LogP contribution is 2.48. The van der Waals surface area contributed by atoms with Gasteiger partial charge in [-0.3, -0.25) is 9.59 Å². The average molecular weight is 358 g/mol. The third-order valence-electron chi connectivity index (χ3n) is 5.91. The van der Waals surface area contributed by atoms with Gasteiger partial charge in [0, 0.05) is 24.5 Å². The molecule has 0 radical (unpaired) electrons. The van der Waals surface area contributed by atoms with Crippen LogP contribution in [-0.2, 0) is 19.1 Å². The number of hydrogen-bond acceptors (Lipinski definition) is 5. The fourth-order valence-corrected chi connectivity index (χ4v) is 4.55. The van der Waals surface area contributed by atoms with Crippen LogP contribution in [0.25, 0.3) is 0 Å². The van der Waals surface area contributed by atoms with E-state index in [4.69, 9.17) is 9.47 Å².